The maximum atomic E-state index is 13.9. The number of halogens is 1. The number of nitrogens with one attached hydrogen (secondary N) is 2. The van der Waals surface area contributed by atoms with Gasteiger partial charge in [-0.15, -0.1) is 0 Å². The van der Waals surface area contributed by atoms with Crippen molar-refractivity contribution in [2.75, 3.05) is 62.4 Å². The maximum absolute atomic E-state index is 13.9. The van der Waals surface area contributed by atoms with Gasteiger partial charge in [0.15, 0.2) is 0 Å². The second-order valence-corrected chi connectivity index (χ2v) is 10.2. The summed E-state index contributed by atoms with van der Waals surface area (Å²) in [4.78, 5) is 36.5. The molecular weight excluding hydrogens is 509 g/mol. The van der Waals surface area contributed by atoms with E-state index in [9.17, 15) is 14.0 Å². The van der Waals surface area contributed by atoms with E-state index < -0.39 is 5.82 Å². The lowest BCUT2D eigenvalue weighted by atomic mass is 10.0. The Kier molecular flexibility index (Phi) is 6.79. The number of imidazole rings is 1. The van der Waals surface area contributed by atoms with E-state index in [2.05, 4.69) is 32.5 Å². The molecule has 2 N–H and O–H groups in total. The smallest absolute Gasteiger partial charge is 0.258 e. The first-order valence-corrected chi connectivity index (χ1v) is 13.2. The largest absolute Gasteiger partial charge is 0.354 e. The van der Waals surface area contributed by atoms with Crippen molar-refractivity contribution in [3.63, 3.8) is 0 Å². The fraction of sp³-hybridized carbons (Fsp3) is 0.233. The number of carbonyl (C=O) groups excluding carboxylic acids is 2. The highest BCUT2D eigenvalue weighted by Crippen LogP contribution is 2.38. The number of piperazine rings is 1. The van der Waals surface area contributed by atoms with Gasteiger partial charge in [-0.25, -0.2) is 9.37 Å². The van der Waals surface area contributed by atoms with Crippen molar-refractivity contribution in [3.8, 4) is 0 Å². The zero-order valence-corrected chi connectivity index (χ0v) is 22.4. The van der Waals surface area contributed by atoms with Gasteiger partial charge >= 0.3 is 0 Å². The second-order valence-electron chi connectivity index (χ2n) is 10.2. The molecule has 1 fully saturated rings. The monoisotopic (exact) mass is 539 g/mol. The van der Waals surface area contributed by atoms with Gasteiger partial charge in [0.2, 0.25) is 5.91 Å². The number of nitrogens with zero attached hydrogens (tertiary/aromatic N) is 5. The average Bonchev–Trinajstić information content (AvgIpc) is 3.55. The fourth-order valence-electron chi connectivity index (χ4n) is 5.10. The van der Waals surface area contributed by atoms with Gasteiger partial charge in [-0.1, -0.05) is 0 Å². The number of anilines is 3. The summed E-state index contributed by atoms with van der Waals surface area (Å²) in [5, 5.41) is 6.20. The molecule has 0 aliphatic carbocycles. The molecule has 0 radical (unpaired) electrons. The minimum absolute atomic E-state index is 0.0353. The molecule has 0 spiro atoms. The van der Waals surface area contributed by atoms with Gasteiger partial charge in [0, 0.05) is 74.3 Å². The number of benzene rings is 2. The summed E-state index contributed by atoms with van der Waals surface area (Å²) in [5.74, 6) is -0.704. The number of pyridine rings is 1. The van der Waals surface area contributed by atoms with Crippen LogP contribution in [0, 0.1) is 5.82 Å². The van der Waals surface area contributed by atoms with E-state index in [1.165, 1.54) is 12.1 Å². The third-order valence-corrected chi connectivity index (χ3v) is 7.51. The Morgan fingerprint density at radius 3 is 2.62 bits per heavy atom. The number of hydrogen-bond donors (Lipinski definition) is 2. The van der Waals surface area contributed by atoms with E-state index in [4.69, 9.17) is 0 Å². The van der Waals surface area contributed by atoms with Gasteiger partial charge in [-0.05, 0) is 61.6 Å². The second kappa shape index (κ2) is 10.6. The van der Waals surface area contributed by atoms with Crippen LogP contribution in [0.1, 0.15) is 11.1 Å². The van der Waals surface area contributed by atoms with Crippen LogP contribution in [0.2, 0.25) is 0 Å². The van der Waals surface area contributed by atoms with Crippen LogP contribution in [0.3, 0.4) is 0 Å². The lowest BCUT2D eigenvalue weighted by Gasteiger charge is -2.32. The first-order valence-electron chi connectivity index (χ1n) is 13.2. The van der Waals surface area contributed by atoms with E-state index in [0.29, 0.717) is 29.1 Å². The Bertz CT molecular complexity index is 1620. The van der Waals surface area contributed by atoms with Crippen LogP contribution in [0.4, 0.5) is 21.5 Å². The van der Waals surface area contributed by atoms with Gasteiger partial charge in [0.05, 0.1) is 23.5 Å². The molecule has 1 saturated heterocycles. The molecule has 0 atom stereocenters. The highest BCUT2D eigenvalue weighted by atomic mass is 19.1. The van der Waals surface area contributed by atoms with Gasteiger partial charge in [0.1, 0.15) is 11.5 Å². The van der Waals surface area contributed by atoms with Crippen molar-refractivity contribution in [1.29, 1.82) is 0 Å². The standard InChI is InChI=1S/C30H30FN7O2/c1-35-13-15-37(16-14-35)19-27(39)36(2)23-7-5-22(6-8-23)33-29(20-3-10-26-32-11-12-38(26)18-20)28-24-9-4-21(31)17-25(24)34-30(28)40/h3-12,17-18,33H,13-16,19H2,1-2H3,(H,34,40). The summed E-state index contributed by atoms with van der Waals surface area (Å²) in [6.45, 7) is 4.06. The Morgan fingerprint density at radius 1 is 1.07 bits per heavy atom. The minimum atomic E-state index is -0.420. The number of hydrogen-bond acceptors (Lipinski definition) is 6. The first kappa shape index (κ1) is 25.7. The highest BCUT2D eigenvalue weighted by Gasteiger charge is 2.29. The summed E-state index contributed by atoms with van der Waals surface area (Å²) in [6, 6.07) is 15.6. The first-order chi connectivity index (χ1) is 19.4. The molecule has 40 heavy (non-hydrogen) atoms. The zero-order valence-electron chi connectivity index (χ0n) is 22.4. The van der Waals surface area contributed by atoms with Crippen LogP contribution in [0.15, 0.2) is 73.2 Å². The number of aromatic nitrogens is 2. The minimum Gasteiger partial charge on any atom is -0.354 e. The molecule has 2 aliphatic rings. The van der Waals surface area contributed by atoms with Crippen LogP contribution >= 0.6 is 0 Å². The van der Waals surface area contributed by atoms with Crippen LogP contribution in [-0.2, 0) is 9.59 Å². The summed E-state index contributed by atoms with van der Waals surface area (Å²) in [5.41, 5.74) is 5.09. The van der Waals surface area contributed by atoms with Gasteiger partial charge in [-0.2, -0.15) is 0 Å². The predicted molar refractivity (Wildman–Crippen MR) is 154 cm³/mol. The van der Waals surface area contributed by atoms with E-state index in [1.54, 1.807) is 24.2 Å². The molecule has 0 saturated carbocycles. The van der Waals surface area contributed by atoms with Gasteiger partial charge in [0.25, 0.3) is 5.91 Å². The summed E-state index contributed by atoms with van der Waals surface area (Å²) >= 11 is 0. The Morgan fingerprint density at radius 2 is 1.85 bits per heavy atom. The summed E-state index contributed by atoms with van der Waals surface area (Å²) in [6.07, 6.45) is 5.44. The molecule has 2 aliphatic heterocycles. The van der Waals surface area contributed by atoms with E-state index in [-0.39, 0.29) is 11.8 Å². The van der Waals surface area contributed by atoms with Gasteiger partial charge in [-0.3, -0.25) is 14.5 Å². The third-order valence-electron chi connectivity index (χ3n) is 7.51. The summed E-state index contributed by atoms with van der Waals surface area (Å²) < 4.78 is 15.8. The van der Waals surface area contributed by atoms with Crippen molar-refractivity contribution in [3.05, 3.63) is 90.1 Å². The number of amides is 2. The molecule has 2 aromatic carbocycles. The van der Waals surface area contributed by atoms with E-state index >= 15 is 0 Å². The fourth-order valence-corrected chi connectivity index (χ4v) is 5.10. The molecule has 4 heterocycles. The number of rotatable bonds is 6. The average molecular weight is 540 g/mol. The van der Waals surface area contributed by atoms with Crippen LogP contribution in [-0.4, -0.2) is 77.8 Å². The SMILES string of the molecule is CN1CCN(CC(=O)N(C)c2ccc(NC(=C3C(=O)Nc4cc(F)ccc43)c3ccc4nccn4c3)cc2)CC1. The number of carbonyl (C=O) groups is 2. The van der Waals surface area contributed by atoms with E-state index in [0.717, 1.165) is 48.8 Å². The van der Waals surface area contributed by atoms with Crippen LogP contribution in [0.5, 0.6) is 0 Å². The Hall–Kier alpha value is -4.54. The number of likely N-dealkylation sites (N-methyl/N-ethyl adjacent to an activating group) is 2. The summed E-state index contributed by atoms with van der Waals surface area (Å²) in [7, 11) is 3.88. The Labute approximate surface area is 231 Å². The topological polar surface area (TPSA) is 85.2 Å². The van der Waals surface area contributed by atoms with Crippen molar-refractivity contribution in [2.24, 2.45) is 0 Å². The molecule has 2 aromatic heterocycles. The molecule has 4 aromatic rings. The number of fused-ring (bicyclic) bond motifs is 2. The predicted octanol–water partition coefficient (Wildman–Crippen LogP) is 3.62. The third kappa shape index (κ3) is 5.06. The molecule has 0 bridgehead atoms. The normalized spacial score (nSPS) is 17.0. The lowest BCUT2D eigenvalue weighted by Crippen LogP contribution is -2.48. The van der Waals surface area contributed by atoms with E-state index in [1.807, 2.05) is 53.2 Å². The lowest BCUT2D eigenvalue weighted by molar-refractivity contribution is -0.119. The molecular formula is C30H30FN7O2. The highest BCUT2D eigenvalue weighted by molar-refractivity contribution is 6.37. The van der Waals surface area contributed by atoms with Crippen LogP contribution in [0.25, 0.3) is 16.9 Å². The molecule has 204 valence electrons. The van der Waals surface area contributed by atoms with Crippen molar-refractivity contribution in [1.82, 2.24) is 19.2 Å². The quantitative estimate of drug-likeness (QED) is 0.364. The van der Waals surface area contributed by atoms with Crippen molar-refractivity contribution < 1.29 is 14.0 Å². The van der Waals surface area contributed by atoms with Crippen molar-refractivity contribution >= 4 is 45.8 Å². The molecule has 9 nitrogen and oxygen atoms in total. The molecule has 0 unspecified atom stereocenters. The van der Waals surface area contributed by atoms with Crippen LogP contribution < -0.4 is 15.5 Å². The van der Waals surface area contributed by atoms with Gasteiger partial charge < -0.3 is 24.8 Å². The zero-order chi connectivity index (χ0) is 27.8. The molecule has 2 amide bonds. The van der Waals surface area contributed by atoms with Crippen molar-refractivity contribution in [2.45, 2.75) is 0 Å². The maximum Gasteiger partial charge on any atom is 0.258 e. The molecule has 10 heteroatoms. The Balaban J connectivity index is 1.29. The molecule has 6 rings (SSSR count).